The van der Waals surface area contributed by atoms with Crippen LogP contribution in [-0.2, 0) is 14.3 Å². The summed E-state index contributed by atoms with van der Waals surface area (Å²) in [6.45, 7) is 9.90. The highest BCUT2D eigenvalue weighted by Gasteiger charge is 2.61. The van der Waals surface area contributed by atoms with Crippen LogP contribution >= 0.6 is 0 Å². The van der Waals surface area contributed by atoms with E-state index in [1.807, 2.05) is 6.92 Å². The van der Waals surface area contributed by atoms with E-state index in [1.165, 1.54) is 44.9 Å². The number of rotatable bonds is 6. The summed E-state index contributed by atoms with van der Waals surface area (Å²) in [4.78, 5) is 24.1. The highest BCUT2D eigenvalue weighted by Crippen LogP contribution is 2.68. The zero-order valence-electron chi connectivity index (χ0n) is 19.9. The molecule has 0 spiro atoms. The van der Waals surface area contributed by atoms with E-state index in [9.17, 15) is 9.59 Å². The third kappa shape index (κ3) is 3.66. The Labute approximate surface area is 184 Å². The van der Waals surface area contributed by atoms with Gasteiger partial charge in [-0.2, -0.15) is 0 Å². The monoisotopic (exact) mass is 416 g/mol. The van der Waals surface area contributed by atoms with E-state index >= 15 is 0 Å². The minimum absolute atomic E-state index is 0.0233. The Hall–Kier alpha value is -0.860. The zero-order valence-corrected chi connectivity index (χ0v) is 19.9. The molecule has 3 nitrogen and oxygen atoms in total. The summed E-state index contributed by atoms with van der Waals surface area (Å²) in [5, 5.41) is 0. The maximum absolute atomic E-state index is 12.3. The lowest BCUT2D eigenvalue weighted by Gasteiger charge is -2.62. The van der Waals surface area contributed by atoms with E-state index in [1.54, 1.807) is 0 Å². The Kier molecular flexibility index (Phi) is 6.39. The Morgan fingerprint density at radius 2 is 1.80 bits per heavy atom. The van der Waals surface area contributed by atoms with Crippen LogP contribution < -0.4 is 0 Å². The summed E-state index contributed by atoms with van der Waals surface area (Å²) >= 11 is 0. The van der Waals surface area contributed by atoms with Crippen molar-refractivity contribution in [2.75, 3.05) is 6.61 Å². The molecule has 0 radical (unpaired) electrons. The van der Waals surface area contributed by atoms with Crippen LogP contribution in [0.25, 0.3) is 0 Å². The molecule has 0 aromatic heterocycles. The van der Waals surface area contributed by atoms with E-state index in [0.29, 0.717) is 35.6 Å². The van der Waals surface area contributed by atoms with Gasteiger partial charge in [-0.15, -0.1) is 0 Å². The molecule has 0 amide bonds. The van der Waals surface area contributed by atoms with Crippen LogP contribution in [0.15, 0.2) is 0 Å². The van der Waals surface area contributed by atoms with Crippen molar-refractivity contribution in [3.8, 4) is 0 Å². The predicted molar refractivity (Wildman–Crippen MR) is 120 cm³/mol. The summed E-state index contributed by atoms with van der Waals surface area (Å²) in [5.41, 5.74) is 0.850. The lowest BCUT2D eigenvalue weighted by atomic mass is 9.42. The van der Waals surface area contributed by atoms with Gasteiger partial charge in [0.05, 0.1) is 6.61 Å². The van der Waals surface area contributed by atoms with Crippen LogP contribution in [-0.4, -0.2) is 18.4 Å². The van der Waals surface area contributed by atoms with Gasteiger partial charge in [0.15, 0.2) is 0 Å². The average Bonchev–Trinajstić information content (AvgIpc) is 3.05. The third-order valence-electron chi connectivity index (χ3n) is 10.6. The Morgan fingerprint density at radius 3 is 2.53 bits per heavy atom. The molecule has 170 valence electrons. The molecule has 4 aliphatic carbocycles. The van der Waals surface area contributed by atoms with Crippen LogP contribution in [0.3, 0.4) is 0 Å². The van der Waals surface area contributed by atoms with Crippen molar-refractivity contribution in [2.24, 2.45) is 46.3 Å². The summed E-state index contributed by atoms with van der Waals surface area (Å²) in [6, 6.07) is 0. The van der Waals surface area contributed by atoms with Crippen molar-refractivity contribution in [1.82, 2.24) is 0 Å². The van der Waals surface area contributed by atoms with E-state index in [-0.39, 0.29) is 5.97 Å². The molecule has 8 atom stereocenters. The smallest absolute Gasteiger partial charge is 0.305 e. The molecule has 4 fully saturated rings. The molecule has 0 aromatic rings. The third-order valence-corrected chi connectivity index (χ3v) is 10.6. The second kappa shape index (κ2) is 8.58. The lowest BCUT2D eigenvalue weighted by molar-refractivity contribution is -0.151. The number of Topliss-reactive ketones (excluding diaryl/α,β-unsaturated/α-hetero) is 1. The standard InChI is InChI=1S/C27H44O3/c1-5-18-16-21-22-11-10-19(8-7-9-25(29)30-6-2)26(22,3)15-13-23(21)27(4)14-12-20(28)17-24(18)27/h18-19,21-24H,5-17H2,1-4H3/t18-,19+,21?,22?,23?,24?,26?,27?/m1/s1. The second-order valence-electron chi connectivity index (χ2n) is 11.7. The first kappa shape index (κ1) is 22.3. The Bertz CT molecular complexity index is 656. The first-order valence-corrected chi connectivity index (χ1v) is 13.0. The highest BCUT2D eigenvalue weighted by molar-refractivity contribution is 5.79. The minimum atomic E-state index is -0.0233. The summed E-state index contributed by atoms with van der Waals surface area (Å²) in [5.74, 6) is 5.20. The maximum Gasteiger partial charge on any atom is 0.305 e. The molecular formula is C27H44O3. The molecule has 0 bridgehead atoms. The van der Waals surface area contributed by atoms with Crippen LogP contribution in [0.2, 0.25) is 0 Å². The predicted octanol–water partition coefficient (Wildman–Crippen LogP) is 6.58. The molecule has 0 heterocycles. The molecule has 4 saturated carbocycles. The average molecular weight is 417 g/mol. The number of ether oxygens (including phenoxy) is 1. The van der Waals surface area contributed by atoms with Gasteiger partial charge in [0, 0.05) is 19.3 Å². The number of carbonyl (C=O) groups is 2. The molecule has 0 aliphatic heterocycles. The summed E-state index contributed by atoms with van der Waals surface area (Å²) < 4.78 is 5.14. The maximum atomic E-state index is 12.3. The normalized spacial score (nSPS) is 45.4. The first-order valence-electron chi connectivity index (χ1n) is 13.0. The minimum Gasteiger partial charge on any atom is -0.466 e. The molecule has 4 rings (SSSR count). The molecule has 0 N–H and O–H groups in total. The van der Waals surface area contributed by atoms with Gasteiger partial charge in [-0.05, 0) is 105 Å². The summed E-state index contributed by atoms with van der Waals surface area (Å²) in [7, 11) is 0. The van der Waals surface area contributed by atoms with Gasteiger partial charge in [0.2, 0.25) is 0 Å². The number of ketones is 1. The van der Waals surface area contributed by atoms with E-state index in [4.69, 9.17) is 4.74 Å². The van der Waals surface area contributed by atoms with Crippen molar-refractivity contribution in [3.63, 3.8) is 0 Å². The second-order valence-corrected chi connectivity index (χ2v) is 11.7. The van der Waals surface area contributed by atoms with Gasteiger partial charge in [-0.25, -0.2) is 0 Å². The number of hydrogen-bond donors (Lipinski definition) is 0. The fourth-order valence-corrected chi connectivity index (χ4v) is 9.05. The van der Waals surface area contributed by atoms with E-state index < -0.39 is 0 Å². The van der Waals surface area contributed by atoms with Gasteiger partial charge in [0.1, 0.15) is 5.78 Å². The fourth-order valence-electron chi connectivity index (χ4n) is 9.05. The Morgan fingerprint density at radius 1 is 1.03 bits per heavy atom. The van der Waals surface area contributed by atoms with Crippen LogP contribution in [0.4, 0.5) is 0 Å². The molecule has 30 heavy (non-hydrogen) atoms. The Balaban J connectivity index is 1.48. The van der Waals surface area contributed by atoms with Crippen molar-refractivity contribution >= 4 is 11.8 Å². The van der Waals surface area contributed by atoms with E-state index in [2.05, 4.69) is 20.8 Å². The SMILES string of the molecule is CCOC(=O)CCC[C@H]1CCC2C3C[C@@H](CC)C4CC(=O)CCC4(C)C3CCC21C. The van der Waals surface area contributed by atoms with Gasteiger partial charge in [-0.1, -0.05) is 27.2 Å². The number of esters is 1. The quantitative estimate of drug-likeness (QED) is 0.459. The first-order chi connectivity index (χ1) is 14.3. The fraction of sp³-hybridized carbons (Fsp3) is 0.926. The molecule has 0 saturated heterocycles. The molecule has 0 aromatic carbocycles. The van der Waals surface area contributed by atoms with Crippen LogP contribution in [0.1, 0.15) is 105 Å². The molecular weight excluding hydrogens is 372 g/mol. The van der Waals surface area contributed by atoms with Crippen molar-refractivity contribution in [1.29, 1.82) is 0 Å². The van der Waals surface area contributed by atoms with Gasteiger partial charge >= 0.3 is 5.97 Å². The van der Waals surface area contributed by atoms with Gasteiger partial charge < -0.3 is 4.74 Å². The van der Waals surface area contributed by atoms with Crippen LogP contribution in [0, 0.1) is 46.3 Å². The van der Waals surface area contributed by atoms with Crippen molar-refractivity contribution in [3.05, 3.63) is 0 Å². The molecule has 6 unspecified atom stereocenters. The number of carbonyl (C=O) groups excluding carboxylic acids is 2. The largest absolute Gasteiger partial charge is 0.466 e. The van der Waals surface area contributed by atoms with Crippen molar-refractivity contribution < 1.29 is 14.3 Å². The number of hydrogen-bond acceptors (Lipinski definition) is 3. The highest BCUT2D eigenvalue weighted by atomic mass is 16.5. The van der Waals surface area contributed by atoms with Gasteiger partial charge in [0.25, 0.3) is 0 Å². The van der Waals surface area contributed by atoms with Crippen LogP contribution in [0.5, 0.6) is 0 Å². The lowest BCUT2D eigenvalue weighted by Crippen LogP contribution is -2.56. The topological polar surface area (TPSA) is 43.4 Å². The summed E-state index contributed by atoms with van der Waals surface area (Å²) in [6.07, 6.45) is 13.6. The van der Waals surface area contributed by atoms with Crippen molar-refractivity contribution in [2.45, 2.75) is 105 Å². The van der Waals surface area contributed by atoms with Gasteiger partial charge in [-0.3, -0.25) is 9.59 Å². The zero-order chi connectivity index (χ0) is 21.5. The van der Waals surface area contributed by atoms with E-state index in [0.717, 1.165) is 55.3 Å². The molecule has 4 aliphatic rings. The molecule has 3 heteroatoms. The number of fused-ring (bicyclic) bond motifs is 5.